The molecule has 0 aliphatic carbocycles. The molecule has 0 N–H and O–H groups in total. The van der Waals surface area contributed by atoms with Gasteiger partial charge in [0.2, 0.25) is 0 Å². The lowest BCUT2D eigenvalue weighted by molar-refractivity contribution is -0.139. The van der Waals surface area contributed by atoms with E-state index in [9.17, 15) is 4.79 Å². The minimum Gasteiger partial charge on any atom is -0.462 e. The van der Waals surface area contributed by atoms with Crippen molar-refractivity contribution < 1.29 is 9.53 Å². The predicted molar refractivity (Wildman–Crippen MR) is 96.0 cm³/mol. The number of carbonyl (C=O) groups is 1. The summed E-state index contributed by atoms with van der Waals surface area (Å²) >= 11 is 0. The summed E-state index contributed by atoms with van der Waals surface area (Å²) in [6.07, 6.45) is 15.9. The first-order valence-corrected chi connectivity index (χ1v) is 9.36. The molecule has 2 heteroatoms. The van der Waals surface area contributed by atoms with Gasteiger partial charge in [0.25, 0.3) is 0 Å². The van der Waals surface area contributed by atoms with Crippen molar-refractivity contribution in [2.75, 3.05) is 6.61 Å². The van der Waals surface area contributed by atoms with Gasteiger partial charge in [0.1, 0.15) is 0 Å². The summed E-state index contributed by atoms with van der Waals surface area (Å²) in [6, 6.07) is 0. The van der Waals surface area contributed by atoms with Gasteiger partial charge in [-0.15, -0.1) is 0 Å². The van der Waals surface area contributed by atoms with E-state index >= 15 is 0 Å². The van der Waals surface area contributed by atoms with Crippen LogP contribution in [0.5, 0.6) is 0 Å². The Hall–Kier alpha value is -0.790. The van der Waals surface area contributed by atoms with Gasteiger partial charge >= 0.3 is 5.97 Å². The van der Waals surface area contributed by atoms with Crippen LogP contribution in [-0.2, 0) is 9.53 Å². The number of unbranched alkanes of at least 4 members (excludes halogenated alkanes) is 10. The largest absolute Gasteiger partial charge is 0.462 e. The molecule has 0 amide bonds. The molecule has 0 unspecified atom stereocenters. The van der Waals surface area contributed by atoms with Crippen LogP contribution in [0, 0.1) is 5.92 Å². The fourth-order valence-corrected chi connectivity index (χ4v) is 2.53. The minimum atomic E-state index is -0.256. The van der Waals surface area contributed by atoms with E-state index in [-0.39, 0.29) is 5.97 Å². The zero-order valence-corrected chi connectivity index (χ0v) is 15.3. The highest BCUT2D eigenvalue weighted by Gasteiger charge is 2.01. The Kier molecular flexibility index (Phi) is 14.6. The molecule has 22 heavy (non-hydrogen) atoms. The highest BCUT2D eigenvalue weighted by molar-refractivity contribution is 5.86. The van der Waals surface area contributed by atoms with Crippen molar-refractivity contribution in [3.05, 3.63) is 12.2 Å². The van der Waals surface area contributed by atoms with Crippen LogP contribution in [0.3, 0.4) is 0 Å². The topological polar surface area (TPSA) is 26.3 Å². The van der Waals surface area contributed by atoms with Crippen LogP contribution < -0.4 is 0 Å². The molecule has 0 heterocycles. The number of hydrogen-bond acceptors (Lipinski definition) is 2. The highest BCUT2D eigenvalue weighted by Crippen LogP contribution is 2.13. The molecule has 0 aromatic carbocycles. The molecule has 0 spiro atoms. The van der Waals surface area contributed by atoms with Crippen molar-refractivity contribution in [3.63, 3.8) is 0 Å². The fraction of sp³-hybridized carbons (Fsp3) is 0.850. The van der Waals surface area contributed by atoms with Crippen molar-refractivity contribution in [2.45, 2.75) is 97.8 Å². The van der Waals surface area contributed by atoms with Gasteiger partial charge in [-0.3, -0.25) is 0 Å². The second kappa shape index (κ2) is 15.1. The van der Waals surface area contributed by atoms with Crippen LogP contribution in [0.1, 0.15) is 97.8 Å². The summed E-state index contributed by atoms with van der Waals surface area (Å²) in [7, 11) is 0. The fourth-order valence-electron chi connectivity index (χ4n) is 2.53. The Morgan fingerprint density at radius 3 is 1.64 bits per heavy atom. The average Bonchev–Trinajstić information content (AvgIpc) is 2.46. The van der Waals surface area contributed by atoms with E-state index < -0.39 is 0 Å². The maximum Gasteiger partial charge on any atom is 0.333 e. The van der Waals surface area contributed by atoms with Crippen LogP contribution in [0.4, 0.5) is 0 Å². The molecule has 0 aromatic heterocycles. The van der Waals surface area contributed by atoms with Crippen molar-refractivity contribution in [3.8, 4) is 0 Å². The summed E-state index contributed by atoms with van der Waals surface area (Å²) < 4.78 is 5.07. The van der Waals surface area contributed by atoms with Crippen molar-refractivity contribution in [1.29, 1.82) is 0 Å². The Labute approximate surface area is 138 Å². The maximum absolute atomic E-state index is 11.2. The summed E-state index contributed by atoms with van der Waals surface area (Å²) in [6.45, 7) is 10.4. The van der Waals surface area contributed by atoms with E-state index in [2.05, 4.69) is 20.4 Å². The number of carbonyl (C=O) groups excluding carboxylic acids is 1. The van der Waals surface area contributed by atoms with Gasteiger partial charge in [-0.25, -0.2) is 4.79 Å². The highest BCUT2D eigenvalue weighted by atomic mass is 16.5. The average molecular weight is 311 g/mol. The molecule has 0 saturated heterocycles. The molecule has 0 bridgehead atoms. The number of esters is 1. The normalized spacial score (nSPS) is 10.9. The van der Waals surface area contributed by atoms with E-state index in [0.717, 1.165) is 12.3 Å². The van der Waals surface area contributed by atoms with E-state index in [1.807, 2.05) is 0 Å². The van der Waals surface area contributed by atoms with E-state index in [1.54, 1.807) is 6.92 Å². The van der Waals surface area contributed by atoms with E-state index in [0.29, 0.717) is 12.2 Å². The molecular formula is C20H38O2. The molecular weight excluding hydrogens is 272 g/mol. The molecule has 0 saturated carbocycles. The molecule has 0 fully saturated rings. The van der Waals surface area contributed by atoms with Gasteiger partial charge in [0, 0.05) is 5.57 Å². The van der Waals surface area contributed by atoms with Crippen LogP contribution in [0.15, 0.2) is 12.2 Å². The number of rotatable bonds is 15. The number of ether oxygens (including phenoxy) is 1. The molecule has 0 rings (SSSR count). The van der Waals surface area contributed by atoms with Crippen molar-refractivity contribution in [2.24, 2.45) is 5.92 Å². The summed E-state index contributed by atoms with van der Waals surface area (Å²) in [5.74, 6) is 0.609. The molecule has 130 valence electrons. The van der Waals surface area contributed by atoms with Crippen LogP contribution >= 0.6 is 0 Å². The molecule has 2 nitrogen and oxygen atoms in total. The molecule has 0 aliphatic heterocycles. The third kappa shape index (κ3) is 15.6. The summed E-state index contributed by atoms with van der Waals surface area (Å²) in [5.41, 5.74) is 0.490. The van der Waals surface area contributed by atoms with Crippen molar-refractivity contribution >= 4 is 5.97 Å². The Balaban J connectivity index is 3.08. The maximum atomic E-state index is 11.2. The lowest BCUT2D eigenvalue weighted by Crippen LogP contribution is -2.05. The molecule has 0 atom stereocenters. The standard InChI is InChI=1S/C20H38O2/c1-18(2)16-14-12-10-8-6-5-7-9-11-13-15-17-22-20(21)19(3)4/h18H,3,5-17H2,1-2,4H3. The molecule has 0 aromatic rings. The van der Waals surface area contributed by atoms with Gasteiger partial charge in [0.05, 0.1) is 6.61 Å². The second-order valence-electron chi connectivity index (χ2n) is 6.99. The Morgan fingerprint density at radius 1 is 0.818 bits per heavy atom. The third-order valence-corrected chi connectivity index (χ3v) is 4.01. The lowest BCUT2D eigenvalue weighted by atomic mass is 10.0. The smallest absolute Gasteiger partial charge is 0.333 e. The van der Waals surface area contributed by atoms with Gasteiger partial charge < -0.3 is 4.74 Å². The Morgan fingerprint density at radius 2 is 1.23 bits per heavy atom. The van der Waals surface area contributed by atoms with Gasteiger partial charge in [-0.1, -0.05) is 91.1 Å². The predicted octanol–water partition coefficient (Wildman–Crippen LogP) is 6.44. The van der Waals surface area contributed by atoms with E-state index in [1.165, 1.54) is 70.6 Å². The number of hydrogen-bond donors (Lipinski definition) is 0. The Bertz CT molecular complexity index is 281. The SMILES string of the molecule is C=C(C)C(=O)OCCCCCCCCCCCCCC(C)C. The van der Waals surface area contributed by atoms with Crippen LogP contribution in [0.2, 0.25) is 0 Å². The second-order valence-corrected chi connectivity index (χ2v) is 6.99. The molecule has 0 radical (unpaired) electrons. The minimum absolute atomic E-state index is 0.256. The molecule has 0 aliphatic rings. The zero-order valence-electron chi connectivity index (χ0n) is 15.3. The van der Waals surface area contributed by atoms with Gasteiger partial charge in [0.15, 0.2) is 0 Å². The van der Waals surface area contributed by atoms with Crippen molar-refractivity contribution in [1.82, 2.24) is 0 Å². The zero-order chi connectivity index (χ0) is 16.6. The van der Waals surface area contributed by atoms with Gasteiger partial charge in [-0.2, -0.15) is 0 Å². The summed E-state index contributed by atoms with van der Waals surface area (Å²) in [5, 5.41) is 0. The first-order chi connectivity index (χ1) is 10.5. The van der Waals surface area contributed by atoms with Crippen LogP contribution in [-0.4, -0.2) is 12.6 Å². The third-order valence-electron chi connectivity index (χ3n) is 4.01. The first kappa shape index (κ1) is 21.2. The summed E-state index contributed by atoms with van der Waals surface area (Å²) in [4.78, 5) is 11.2. The monoisotopic (exact) mass is 310 g/mol. The van der Waals surface area contributed by atoms with Crippen LogP contribution in [0.25, 0.3) is 0 Å². The quantitative estimate of drug-likeness (QED) is 0.197. The first-order valence-electron chi connectivity index (χ1n) is 9.36. The van der Waals surface area contributed by atoms with E-state index in [4.69, 9.17) is 4.74 Å². The van der Waals surface area contributed by atoms with Gasteiger partial charge in [-0.05, 0) is 19.3 Å². The lowest BCUT2D eigenvalue weighted by Gasteiger charge is -2.05.